The monoisotopic (exact) mass is 416 g/mol. The molecule has 1 fully saturated rings. The number of fused-ring (bicyclic) bond motifs is 1. The maximum Gasteiger partial charge on any atom is 0.263 e. The number of ether oxygens (including phenoxy) is 2. The standard InChI is InChI=1S/C24H24N4O3/c29-23(27-21-10-7-17-3-1-2-4-20(17)21)18-5-8-19(9-6-18)31-24-22(25-11-12-26-24)28-13-15-30-16-14-28/h1-6,8-9,11-12,21H,7,10,13-16H2,(H,27,29)/t21-/m1/s1. The molecule has 1 aliphatic heterocycles. The number of hydrogen-bond acceptors (Lipinski definition) is 6. The fourth-order valence-electron chi connectivity index (χ4n) is 4.12. The number of amides is 1. The molecule has 1 saturated heterocycles. The van der Waals surface area contributed by atoms with Gasteiger partial charge in [0.05, 0.1) is 19.3 Å². The Morgan fingerprint density at radius 2 is 1.81 bits per heavy atom. The van der Waals surface area contributed by atoms with Crippen LogP contribution in [0.25, 0.3) is 0 Å². The van der Waals surface area contributed by atoms with Crippen molar-refractivity contribution in [3.8, 4) is 11.6 Å². The van der Waals surface area contributed by atoms with Gasteiger partial charge in [0.1, 0.15) is 5.75 Å². The van der Waals surface area contributed by atoms with Crippen molar-refractivity contribution in [2.75, 3.05) is 31.2 Å². The van der Waals surface area contributed by atoms with E-state index in [9.17, 15) is 4.79 Å². The molecule has 1 amide bonds. The fraction of sp³-hybridized carbons (Fsp3) is 0.292. The highest BCUT2D eigenvalue weighted by Crippen LogP contribution is 2.31. The van der Waals surface area contributed by atoms with E-state index in [4.69, 9.17) is 9.47 Å². The Morgan fingerprint density at radius 1 is 1.03 bits per heavy atom. The average molecular weight is 416 g/mol. The highest BCUT2D eigenvalue weighted by molar-refractivity contribution is 5.94. The Labute approximate surface area is 181 Å². The minimum absolute atomic E-state index is 0.0651. The number of nitrogens with zero attached hydrogens (tertiary/aromatic N) is 3. The summed E-state index contributed by atoms with van der Waals surface area (Å²) in [5, 5.41) is 3.15. The Balaban J connectivity index is 1.26. The molecule has 0 saturated carbocycles. The molecule has 5 rings (SSSR count). The number of anilines is 1. The smallest absolute Gasteiger partial charge is 0.263 e. The van der Waals surface area contributed by atoms with Gasteiger partial charge in [-0.1, -0.05) is 24.3 Å². The number of hydrogen-bond donors (Lipinski definition) is 1. The SMILES string of the molecule is O=C(N[C@@H]1CCc2ccccc21)c1ccc(Oc2nccnc2N2CCOCC2)cc1. The van der Waals surface area contributed by atoms with E-state index in [0.29, 0.717) is 36.2 Å². The van der Waals surface area contributed by atoms with Crippen LogP contribution in [0.5, 0.6) is 11.6 Å². The molecule has 0 bridgehead atoms. The molecule has 7 heteroatoms. The number of carbonyl (C=O) groups excluding carboxylic acids is 1. The van der Waals surface area contributed by atoms with Crippen LogP contribution in [0, 0.1) is 0 Å². The van der Waals surface area contributed by atoms with Crippen LogP contribution in [-0.2, 0) is 11.2 Å². The van der Waals surface area contributed by atoms with E-state index in [2.05, 4.69) is 32.3 Å². The Morgan fingerprint density at radius 3 is 2.65 bits per heavy atom. The molecule has 1 N–H and O–H groups in total. The van der Waals surface area contributed by atoms with Crippen molar-refractivity contribution < 1.29 is 14.3 Å². The molecule has 31 heavy (non-hydrogen) atoms. The predicted molar refractivity (Wildman–Crippen MR) is 117 cm³/mol. The normalized spacial score (nSPS) is 17.8. The Kier molecular flexibility index (Phi) is 5.50. The van der Waals surface area contributed by atoms with Gasteiger partial charge >= 0.3 is 0 Å². The third kappa shape index (κ3) is 4.22. The highest BCUT2D eigenvalue weighted by atomic mass is 16.5. The third-order valence-corrected chi connectivity index (χ3v) is 5.73. The summed E-state index contributed by atoms with van der Waals surface area (Å²) >= 11 is 0. The second-order valence-electron chi connectivity index (χ2n) is 7.67. The molecule has 1 aromatic heterocycles. The van der Waals surface area contributed by atoms with E-state index < -0.39 is 0 Å². The number of carbonyl (C=O) groups is 1. The van der Waals surface area contributed by atoms with E-state index in [1.807, 2.05) is 12.1 Å². The maximum absolute atomic E-state index is 12.7. The molecule has 3 aromatic rings. The second kappa shape index (κ2) is 8.73. The summed E-state index contributed by atoms with van der Waals surface area (Å²) < 4.78 is 11.4. The van der Waals surface area contributed by atoms with Gasteiger partial charge in [-0.05, 0) is 48.2 Å². The minimum atomic E-state index is -0.0817. The van der Waals surface area contributed by atoms with E-state index >= 15 is 0 Å². The zero-order chi connectivity index (χ0) is 21.0. The van der Waals surface area contributed by atoms with Crippen molar-refractivity contribution in [1.82, 2.24) is 15.3 Å². The van der Waals surface area contributed by atoms with Crippen molar-refractivity contribution in [1.29, 1.82) is 0 Å². The first kappa shape index (κ1) is 19.5. The molecular formula is C24H24N4O3. The van der Waals surface area contributed by atoms with E-state index in [0.717, 1.165) is 25.9 Å². The molecule has 0 spiro atoms. The van der Waals surface area contributed by atoms with E-state index in [1.165, 1.54) is 11.1 Å². The highest BCUT2D eigenvalue weighted by Gasteiger charge is 2.24. The van der Waals surface area contributed by atoms with Crippen molar-refractivity contribution >= 4 is 11.7 Å². The third-order valence-electron chi connectivity index (χ3n) is 5.73. The number of nitrogens with one attached hydrogen (secondary N) is 1. The summed E-state index contributed by atoms with van der Waals surface area (Å²) in [6.07, 6.45) is 5.20. The summed E-state index contributed by atoms with van der Waals surface area (Å²) in [6, 6.07) is 15.5. The molecule has 1 aliphatic carbocycles. The van der Waals surface area contributed by atoms with Gasteiger partial charge in [-0.25, -0.2) is 9.97 Å². The van der Waals surface area contributed by atoms with Gasteiger partial charge in [-0.15, -0.1) is 0 Å². The molecule has 0 unspecified atom stereocenters. The molecule has 2 aliphatic rings. The molecule has 7 nitrogen and oxygen atoms in total. The number of aromatic nitrogens is 2. The van der Waals surface area contributed by atoms with Crippen LogP contribution in [0.1, 0.15) is 33.9 Å². The topological polar surface area (TPSA) is 76.6 Å². The summed E-state index contributed by atoms with van der Waals surface area (Å²) in [6.45, 7) is 2.81. The van der Waals surface area contributed by atoms with Crippen LogP contribution in [0.15, 0.2) is 60.9 Å². The van der Waals surface area contributed by atoms with Gasteiger partial charge in [0.25, 0.3) is 11.8 Å². The fourth-order valence-corrected chi connectivity index (χ4v) is 4.12. The number of benzene rings is 2. The summed E-state index contributed by atoms with van der Waals surface area (Å²) in [5.41, 5.74) is 3.13. The van der Waals surface area contributed by atoms with E-state index in [-0.39, 0.29) is 11.9 Å². The van der Waals surface area contributed by atoms with Gasteiger partial charge < -0.3 is 19.7 Å². The lowest BCUT2D eigenvalue weighted by molar-refractivity contribution is 0.0936. The van der Waals surface area contributed by atoms with Crippen molar-refractivity contribution in [2.24, 2.45) is 0 Å². The Bertz CT molecular complexity index is 1060. The van der Waals surface area contributed by atoms with Gasteiger partial charge in [-0.3, -0.25) is 4.79 Å². The van der Waals surface area contributed by atoms with Crippen LogP contribution in [0.4, 0.5) is 5.82 Å². The molecule has 0 radical (unpaired) electrons. The summed E-state index contributed by atoms with van der Waals surface area (Å²) in [4.78, 5) is 23.6. The number of aryl methyl sites for hydroxylation is 1. The van der Waals surface area contributed by atoms with Gasteiger partial charge in [0.2, 0.25) is 0 Å². The summed E-state index contributed by atoms with van der Waals surface area (Å²) in [7, 11) is 0. The van der Waals surface area contributed by atoms with Crippen molar-refractivity contribution in [2.45, 2.75) is 18.9 Å². The average Bonchev–Trinajstić information content (AvgIpc) is 3.23. The first-order valence-corrected chi connectivity index (χ1v) is 10.6. The molecule has 2 heterocycles. The Hall–Kier alpha value is -3.45. The summed E-state index contributed by atoms with van der Waals surface area (Å²) in [5.74, 6) is 1.68. The molecule has 2 aromatic carbocycles. The van der Waals surface area contributed by atoms with Gasteiger partial charge in [0, 0.05) is 31.0 Å². The van der Waals surface area contributed by atoms with Gasteiger partial charge in [-0.2, -0.15) is 0 Å². The van der Waals surface area contributed by atoms with Crippen LogP contribution >= 0.6 is 0 Å². The van der Waals surface area contributed by atoms with Crippen LogP contribution in [-0.4, -0.2) is 42.2 Å². The zero-order valence-corrected chi connectivity index (χ0v) is 17.2. The lowest BCUT2D eigenvalue weighted by Crippen LogP contribution is -2.37. The van der Waals surface area contributed by atoms with Crippen LogP contribution < -0.4 is 15.0 Å². The lowest BCUT2D eigenvalue weighted by Gasteiger charge is -2.28. The first-order chi connectivity index (χ1) is 15.3. The zero-order valence-electron chi connectivity index (χ0n) is 17.2. The molecule has 158 valence electrons. The largest absolute Gasteiger partial charge is 0.436 e. The van der Waals surface area contributed by atoms with Crippen molar-refractivity contribution in [3.05, 3.63) is 77.6 Å². The first-order valence-electron chi connectivity index (χ1n) is 10.6. The van der Waals surface area contributed by atoms with E-state index in [1.54, 1.807) is 36.7 Å². The van der Waals surface area contributed by atoms with Crippen LogP contribution in [0.2, 0.25) is 0 Å². The van der Waals surface area contributed by atoms with Crippen LogP contribution in [0.3, 0.4) is 0 Å². The number of morpholine rings is 1. The predicted octanol–water partition coefficient (Wildman–Crippen LogP) is 3.52. The minimum Gasteiger partial charge on any atom is -0.436 e. The van der Waals surface area contributed by atoms with Crippen molar-refractivity contribution in [3.63, 3.8) is 0 Å². The molecular weight excluding hydrogens is 392 g/mol. The maximum atomic E-state index is 12.7. The lowest BCUT2D eigenvalue weighted by atomic mass is 10.1. The molecule has 1 atom stereocenters. The second-order valence-corrected chi connectivity index (χ2v) is 7.67. The number of rotatable bonds is 5. The quantitative estimate of drug-likeness (QED) is 0.686. The van der Waals surface area contributed by atoms with Gasteiger partial charge in [0.15, 0.2) is 5.82 Å².